The fourth-order valence-electron chi connectivity index (χ4n) is 3.25. The van der Waals surface area contributed by atoms with E-state index in [4.69, 9.17) is 0 Å². The molecular formula is C22H30N4O2S. The number of rotatable bonds is 5. The zero-order valence-electron chi connectivity index (χ0n) is 17.4. The Labute approximate surface area is 176 Å². The molecule has 7 heteroatoms. The Morgan fingerprint density at radius 3 is 2.31 bits per heavy atom. The summed E-state index contributed by atoms with van der Waals surface area (Å²) in [5.74, 6) is -0.0181. The van der Waals surface area contributed by atoms with Crippen LogP contribution in [-0.2, 0) is 5.41 Å². The number of thiophene rings is 1. The summed E-state index contributed by atoms with van der Waals surface area (Å²) in [4.78, 5) is 29.3. The molecule has 156 valence electrons. The van der Waals surface area contributed by atoms with E-state index in [0.717, 1.165) is 30.2 Å². The number of anilines is 1. The lowest BCUT2D eigenvalue weighted by atomic mass is 9.87. The van der Waals surface area contributed by atoms with Crippen LogP contribution in [0.4, 0.5) is 10.5 Å². The number of nitrogens with zero attached hydrogens (tertiary/aromatic N) is 2. The molecule has 0 atom stereocenters. The Kier molecular flexibility index (Phi) is 6.92. The van der Waals surface area contributed by atoms with Crippen LogP contribution in [0.3, 0.4) is 0 Å². The molecule has 0 bridgehead atoms. The third kappa shape index (κ3) is 6.05. The fourth-order valence-corrected chi connectivity index (χ4v) is 3.89. The molecule has 29 heavy (non-hydrogen) atoms. The smallest absolute Gasteiger partial charge is 0.321 e. The summed E-state index contributed by atoms with van der Waals surface area (Å²) >= 11 is 1.45. The number of carbonyl (C=O) groups is 2. The highest BCUT2D eigenvalue weighted by molar-refractivity contribution is 7.12. The van der Waals surface area contributed by atoms with E-state index in [1.807, 2.05) is 34.5 Å². The van der Waals surface area contributed by atoms with E-state index in [1.165, 1.54) is 16.9 Å². The Balaban J connectivity index is 1.38. The van der Waals surface area contributed by atoms with Gasteiger partial charge in [0.1, 0.15) is 0 Å². The summed E-state index contributed by atoms with van der Waals surface area (Å²) in [6.45, 7) is 10.9. The number of piperazine rings is 1. The number of benzene rings is 1. The first-order valence-electron chi connectivity index (χ1n) is 10.0. The van der Waals surface area contributed by atoms with Crippen molar-refractivity contribution in [3.05, 3.63) is 52.2 Å². The van der Waals surface area contributed by atoms with Crippen LogP contribution >= 0.6 is 11.3 Å². The van der Waals surface area contributed by atoms with Crippen molar-refractivity contribution in [1.82, 2.24) is 15.1 Å². The first-order valence-corrected chi connectivity index (χ1v) is 10.9. The number of nitrogens with one attached hydrogen (secondary N) is 2. The second kappa shape index (κ2) is 9.41. The van der Waals surface area contributed by atoms with Crippen LogP contribution in [0.1, 0.15) is 36.0 Å². The molecule has 3 amide bonds. The van der Waals surface area contributed by atoms with Gasteiger partial charge in [0.15, 0.2) is 0 Å². The van der Waals surface area contributed by atoms with Crippen molar-refractivity contribution in [2.45, 2.75) is 26.2 Å². The van der Waals surface area contributed by atoms with Gasteiger partial charge in [-0.15, -0.1) is 11.3 Å². The molecule has 0 spiro atoms. The van der Waals surface area contributed by atoms with Gasteiger partial charge in [-0.3, -0.25) is 9.69 Å². The average Bonchev–Trinajstić information content (AvgIpc) is 3.23. The second-order valence-corrected chi connectivity index (χ2v) is 9.27. The highest BCUT2D eigenvalue weighted by atomic mass is 32.1. The topological polar surface area (TPSA) is 64.7 Å². The minimum absolute atomic E-state index is 0.0181. The van der Waals surface area contributed by atoms with Crippen LogP contribution < -0.4 is 10.6 Å². The molecule has 0 saturated carbocycles. The van der Waals surface area contributed by atoms with E-state index in [0.29, 0.717) is 19.6 Å². The molecule has 0 unspecified atom stereocenters. The van der Waals surface area contributed by atoms with Crippen molar-refractivity contribution in [2.75, 3.05) is 44.6 Å². The Morgan fingerprint density at radius 1 is 1.03 bits per heavy atom. The highest BCUT2D eigenvalue weighted by Gasteiger charge is 2.21. The molecule has 2 heterocycles. The maximum atomic E-state index is 12.5. The van der Waals surface area contributed by atoms with Gasteiger partial charge < -0.3 is 15.5 Å². The maximum absolute atomic E-state index is 12.5. The molecule has 1 aliphatic heterocycles. The van der Waals surface area contributed by atoms with Crippen molar-refractivity contribution >= 4 is 29.0 Å². The van der Waals surface area contributed by atoms with Crippen LogP contribution in [0.15, 0.2) is 41.8 Å². The van der Waals surface area contributed by atoms with Gasteiger partial charge in [-0.05, 0) is 34.6 Å². The molecular weight excluding hydrogens is 384 g/mol. The lowest BCUT2D eigenvalue weighted by molar-refractivity contribution is 0.0946. The molecule has 1 aromatic carbocycles. The van der Waals surface area contributed by atoms with E-state index in [2.05, 4.69) is 48.4 Å². The molecule has 0 aliphatic carbocycles. The van der Waals surface area contributed by atoms with Gasteiger partial charge in [-0.2, -0.15) is 0 Å². The van der Waals surface area contributed by atoms with E-state index in [9.17, 15) is 9.59 Å². The van der Waals surface area contributed by atoms with Crippen LogP contribution in [0.2, 0.25) is 0 Å². The van der Waals surface area contributed by atoms with E-state index in [-0.39, 0.29) is 17.4 Å². The molecule has 6 nitrogen and oxygen atoms in total. The quantitative estimate of drug-likeness (QED) is 0.785. The Bertz CT molecular complexity index is 804. The SMILES string of the molecule is CC(C)(C)c1ccc(NC(=O)N2CCN(CCNC(=O)c3cccs3)CC2)cc1. The summed E-state index contributed by atoms with van der Waals surface area (Å²) in [7, 11) is 0. The molecule has 0 radical (unpaired) electrons. The van der Waals surface area contributed by atoms with E-state index in [1.54, 1.807) is 0 Å². The van der Waals surface area contributed by atoms with Crippen LogP contribution in [0, 0.1) is 0 Å². The van der Waals surface area contributed by atoms with Crippen molar-refractivity contribution < 1.29 is 9.59 Å². The third-order valence-electron chi connectivity index (χ3n) is 5.12. The van der Waals surface area contributed by atoms with Gasteiger partial charge in [-0.25, -0.2) is 4.79 Å². The zero-order valence-corrected chi connectivity index (χ0v) is 18.2. The van der Waals surface area contributed by atoms with Gasteiger partial charge in [0.05, 0.1) is 4.88 Å². The van der Waals surface area contributed by atoms with Gasteiger partial charge in [0.2, 0.25) is 0 Å². The molecule has 2 N–H and O–H groups in total. The fraction of sp³-hybridized carbons (Fsp3) is 0.455. The number of hydrogen-bond donors (Lipinski definition) is 2. The minimum atomic E-state index is -0.0563. The predicted molar refractivity (Wildman–Crippen MR) is 119 cm³/mol. The van der Waals surface area contributed by atoms with E-state index < -0.39 is 0 Å². The standard InChI is InChI=1S/C22H30N4O2S/c1-22(2,3)17-6-8-18(9-7-17)24-21(28)26-14-12-25(13-15-26)11-10-23-20(27)19-5-4-16-29-19/h4-9,16H,10-15H2,1-3H3,(H,23,27)(H,24,28). The van der Waals surface area contributed by atoms with Gasteiger partial charge >= 0.3 is 6.03 Å². The number of urea groups is 1. The highest BCUT2D eigenvalue weighted by Crippen LogP contribution is 2.23. The lowest BCUT2D eigenvalue weighted by Gasteiger charge is -2.34. The molecule has 1 aromatic heterocycles. The summed E-state index contributed by atoms with van der Waals surface area (Å²) in [6, 6.07) is 11.7. The zero-order chi connectivity index (χ0) is 20.9. The Hall–Kier alpha value is -2.38. The second-order valence-electron chi connectivity index (χ2n) is 8.32. The lowest BCUT2D eigenvalue weighted by Crippen LogP contribution is -2.51. The summed E-state index contributed by atoms with van der Waals surface area (Å²) in [6.07, 6.45) is 0. The molecule has 1 aliphatic rings. The number of amides is 3. The molecule has 1 saturated heterocycles. The Morgan fingerprint density at radius 2 is 1.72 bits per heavy atom. The van der Waals surface area contributed by atoms with Crippen molar-refractivity contribution in [3.63, 3.8) is 0 Å². The van der Waals surface area contributed by atoms with Gasteiger partial charge in [-0.1, -0.05) is 39.0 Å². The number of hydrogen-bond acceptors (Lipinski definition) is 4. The van der Waals surface area contributed by atoms with Crippen LogP contribution in [0.25, 0.3) is 0 Å². The molecule has 3 rings (SSSR count). The normalized spacial score (nSPS) is 15.2. The molecule has 1 fully saturated rings. The minimum Gasteiger partial charge on any atom is -0.350 e. The van der Waals surface area contributed by atoms with Crippen molar-refractivity contribution in [1.29, 1.82) is 0 Å². The summed E-state index contributed by atoms with van der Waals surface area (Å²) in [5, 5.41) is 7.84. The van der Waals surface area contributed by atoms with Crippen molar-refractivity contribution in [3.8, 4) is 0 Å². The largest absolute Gasteiger partial charge is 0.350 e. The number of carbonyl (C=O) groups excluding carboxylic acids is 2. The summed E-state index contributed by atoms with van der Waals surface area (Å²) < 4.78 is 0. The molecule has 2 aromatic rings. The first-order chi connectivity index (χ1) is 13.8. The van der Waals surface area contributed by atoms with Gasteiger partial charge in [0, 0.05) is 45.0 Å². The van der Waals surface area contributed by atoms with Gasteiger partial charge in [0.25, 0.3) is 5.91 Å². The average molecular weight is 415 g/mol. The summed E-state index contributed by atoms with van der Waals surface area (Å²) in [5.41, 5.74) is 2.17. The first kappa shape index (κ1) is 21.3. The third-order valence-corrected chi connectivity index (χ3v) is 5.99. The predicted octanol–water partition coefficient (Wildman–Crippen LogP) is 3.63. The monoisotopic (exact) mass is 414 g/mol. The van der Waals surface area contributed by atoms with Crippen molar-refractivity contribution in [2.24, 2.45) is 0 Å². The van der Waals surface area contributed by atoms with Crippen LogP contribution in [-0.4, -0.2) is 61.0 Å². The maximum Gasteiger partial charge on any atom is 0.321 e. The van der Waals surface area contributed by atoms with E-state index >= 15 is 0 Å². The van der Waals surface area contributed by atoms with Crippen LogP contribution in [0.5, 0.6) is 0 Å².